The zero-order valence-corrected chi connectivity index (χ0v) is 15.0. The Labute approximate surface area is 136 Å². The van der Waals surface area contributed by atoms with Crippen molar-refractivity contribution in [2.75, 3.05) is 7.11 Å². The van der Waals surface area contributed by atoms with Gasteiger partial charge >= 0.3 is 0 Å². The van der Waals surface area contributed by atoms with Crippen LogP contribution in [0, 0.1) is 6.92 Å². The molecule has 0 bridgehead atoms. The third-order valence-corrected chi connectivity index (χ3v) is 4.75. The molecule has 0 saturated heterocycles. The van der Waals surface area contributed by atoms with Crippen LogP contribution in [0.25, 0.3) is 0 Å². The van der Waals surface area contributed by atoms with Crippen LogP contribution in [0.1, 0.15) is 47.9 Å². The smallest absolute Gasteiger partial charge is 0.123 e. The molecule has 0 radical (unpaired) electrons. The lowest BCUT2D eigenvalue weighted by Gasteiger charge is -2.20. The SMILES string of the molecule is COc1ccc(C)cc1C(Br)c1ccc(C(C)(C)C)cc1. The van der Waals surface area contributed by atoms with E-state index in [1.807, 2.05) is 6.07 Å². The molecule has 0 saturated carbocycles. The van der Waals surface area contributed by atoms with E-state index in [4.69, 9.17) is 4.74 Å². The molecule has 2 aromatic rings. The van der Waals surface area contributed by atoms with E-state index in [1.54, 1.807) is 7.11 Å². The maximum atomic E-state index is 5.49. The number of ether oxygens (including phenoxy) is 1. The molecule has 0 aliphatic rings. The topological polar surface area (TPSA) is 9.23 Å². The van der Waals surface area contributed by atoms with Crippen LogP contribution in [0.5, 0.6) is 5.75 Å². The van der Waals surface area contributed by atoms with Crippen LogP contribution < -0.4 is 4.74 Å². The number of hydrogen-bond acceptors (Lipinski definition) is 1. The van der Waals surface area contributed by atoms with Crippen molar-refractivity contribution >= 4 is 15.9 Å². The van der Waals surface area contributed by atoms with Gasteiger partial charge in [-0.1, -0.05) is 78.7 Å². The fraction of sp³-hybridized carbons (Fsp3) is 0.368. The normalized spacial score (nSPS) is 13.0. The van der Waals surface area contributed by atoms with Gasteiger partial charge in [-0.05, 0) is 29.5 Å². The summed E-state index contributed by atoms with van der Waals surface area (Å²) in [6.07, 6.45) is 0. The minimum Gasteiger partial charge on any atom is -0.496 e. The first-order chi connectivity index (χ1) is 9.82. The molecule has 1 nitrogen and oxygen atoms in total. The molecule has 0 spiro atoms. The largest absolute Gasteiger partial charge is 0.496 e. The van der Waals surface area contributed by atoms with Crippen LogP contribution in [-0.2, 0) is 5.41 Å². The van der Waals surface area contributed by atoms with Crippen molar-refractivity contribution < 1.29 is 4.74 Å². The Morgan fingerprint density at radius 3 is 2.14 bits per heavy atom. The van der Waals surface area contributed by atoms with Gasteiger partial charge < -0.3 is 4.74 Å². The number of methoxy groups -OCH3 is 1. The summed E-state index contributed by atoms with van der Waals surface area (Å²) in [5, 5.41) is 0. The van der Waals surface area contributed by atoms with Crippen molar-refractivity contribution in [2.24, 2.45) is 0 Å². The van der Waals surface area contributed by atoms with E-state index in [0.29, 0.717) is 0 Å². The Balaban J connectivity index is 2.36. The average Bonchev–Trinajstić information content (AvgIpc) is 2.45. The molecule has 0 amide bonds. The number of alkyl halides is 1. The minimum atomic E-state index is 0.140. The fourth-order valence-corrected chi connectivity index (χ4v) is 3.05. The van der Waals surface area contributed by atoms with E-state index in [9.17, 15) is 0 Å². The highest BCUT2D eigenvalue weighted by molar-refractivity contribution is 9.09. The molecular weight excluding hydrogens is 324 g/mol. The summed E-state index contributed by atoms with van der Waals surface area (Å²) in [5.74, 6) is 0.919. The third-order valence-electron chi connectivity index (χ3n) is 3.73. The molecule has 21 heavy (non-hydrogen) atoms. The Bertz CT molecular complexity index is 608. The second-order valence-corrected chi connectivity index (χ2v) is 7.40. The van der Waals surface area contributed by atoms with Crippen molar-refractivity contribution in [3.8, 4) is 5.75 Å². The summed E-state index contributed by atoms with van der Waals surface area (Å²) in [7, 11) is 1.72. The molecule has 112 valence electrons. The first-order valence-corrected chi connectivity index (χ1v) is 8.13. The monoisotopic (exact) mass is 346 g/mol. The van der Waals surface area contributed by atoms with Gasteiger partial charge in [0.25, 0.3) is 0 Å². The van der Waals surface area contributed by atoms with Crippen LogP contribution in [0.3, 0.4) is 0 Å². The van der Waals surface area contributed by atoms with Crippen LogP contribution in [-0.4, -0.2) is 7.11 Å². The van der Waals surface area contributed by atoms with Gasteiger partial charge in [0.2, 0.25) is 0 Å². The van der Waals surface area contributed by atoms with Gasteiger partial charge in [0.15, 0.2) is 0 Å². The number of aryl methyl sites for hydroxylation is 1. The van der Waals surface area contributed by atoms with Crippen molar-refractivity contribution in [2.45, 2.75) is 37.9 Å². The second kappa shape index (κ2) is 6.23. The van der Waals surface area contributed by atoms with Gasteiger partial charge in [-0.25, -0.2) is 0 Å². The summed E-state index contributed by atoms with van der Waals surface area (Å²) < 4.78 is 5.49. The van der Waals surface area contributed by atoms with E-state index < -0.39 is 0 Å². The molecule has 2 aromatic carbocycles. The van der Waals surface area contributed by atoms with Crippen LogP contribution in [0.2, 0.25) is 0 Å². The van der Waals surface area contributed by atoms with Crippen LogP contribution >= 0.6 is 15.9 Å². The predicted molar refractivity (Wildman–Crippen MR) is 93.6 cm³/mol. The molecule has 0 N–H and O–H groups in total. The van der Waals surface area contributed by atoms with E-state index in [-0.39, 0.29) is 10.2 Å². The van der Waals surface area contributed by atoms with Gasteiger partial charge in [0, 0.05) is 5.56 Å². The summed E-state index contributed by atoms with van der Waals surface area (Å²) in [6.45, 7) is 8.80. The zero-order valence-electron chi connectivity index (χ0n) is 13.4. The molecule has 2 rings (SSSR count). The highest BCUT2D eigenvalue weighted by Gasteiger charge is 2.17. The molecule has 0 aliphatic carbocycles. The van der Waals surface area contributed by atoms with Gasteiger partial charge in [-0.3, -0.25) is 0 Å². The first-order valence-electron chi connectivity index (χ1n) is 7.22. The summed E-state index contributed by atoms with van der Waals surface area (Å²) in [5.41, 5.74) is 5.18. The quantitative estimate of drug-likeness (QED) is 0.639. The highest BCUT2D eigenvalue weighted by Crippen LogP contribution is 2.37. The average molecular weight is 347 g/mol. The lowest BCUT2D eigenvalue weighted by atomic mass is 9.86. The minimum absolute atomic E-state index is 0.140. The lowest BCUT2D eigenvalue weighted by Crippen LogP contribution is -2.10. The van der Waals surface area contributed by atoms with Crippen molar-refractivity contribution in [3.05, 3.63) is 64.7 Å². The van der Waals surface area contributed by atoms with Crippen molar-refractivity contribution in [3.63, 3.8) is 0 Å². The Morgan fingerprint density at radius 2 is 1.62 bits per heavy atom. The van der Waals surface area contributed by atoms with E-state index in [0.717, 1.165) is 5.75 Å². The van der Waals surface area contributed by atoms with Crippen LogP contribution in [0.4, 0.5) is 0 Å². The first kappa shape index (κ1) is 16.1. The fourth-order valence-electron chi connectivity index (χ4n) is 2.38. The van der Waals surface area contributed by atoms with Crippen molar-refractivity contribution in [1.82, 2.24) is 0 Å². The number of rotatable bonds is 3. The molecule has 0 aliphatic heterocycles. The van der Waals surface area contributed by atoms with Gasteiger partial charge in [-0.15, -0.1) is 0 Å². The molecule has 1 unspecified atom stereocenters. The van der Waals surface area contributed by atoms with E-state index in [1.165, 1.54) is 22.3 Å². The molecular formula is C19H23BrO. The Morgan fingerprint density at radius 1 is 1.00 bits per heavy atom. The standard InChI is InChI=1S/C19H23BrO/c1-13-6-11-17(21-5)16(12-13)18(20)14-7-9-15(10-8-14)19(2,3)4/h6-12,18H,1-5H3. The molecule has 0 fully saturated rings. The van der Waals surface area contributed by atoms with E-state index >= 15 is 0 Å². The molecule has 2 heteroatoms. The Kier molecular flexibility index (Phi) is 4.77. The number of hydrogen-bond donors (Lipinski definition) is 0. The number of benzene rings is 2. The van der Waals surface area contributed by atoms with Gasteiger partial charge in [-0.2, -0.15) is 0 Å². The van der Waals surface area contributed by atoms with Crippen LogP contribution in [0.15, 0.2) is 42.5 Å². The molecule has 1 atom stereocenters. The maximum absolute atomic E-state index is 5.49. The van der Waals surface area contributed by atoms with Crippen molar-refractivity contribution in [1.29, 1.82) is 0 Å². The van der Waals surface area contributed by atoms with E-state index in [2.05, 4.69) is 80.0 Å². The summed E-state index contributed by atoms with van der Waals surface area (Å²) in [4.78, 5) is 0.140. The Hall–Kier alpha value is -1.28. The number of halogens is 1. The third kappa shape index (κ3) is 3.68. The predicted octanol–water partition coefficient (Wildman–Crippen LogP) is 5.79. The zero-order chi connectivity index (χ0) is 15.6. The maximum Gasteiger partial charge on any atom is 0.123 e. The van der Waals surface area contributed by atoms with Gasteiger partial charge in [0.05, 0.1) is 11.9 Å². The summed E-state index contributed by atoms with van der Waals surface area (Å²) in [6, 6.07) is 15.1. The summed E-state index contributed by atoms with van der Waals surface area (Å²) >= 11 is 3.81. The molecule has 0 heterocycles. The second-order valence-electron chi connectivity index (χ2n) is 6.48. The highest BCUT2D eigenvalue weighted by atomic mass is 79.9. The van der Waals surface area contributed by atoms with Gasteiger partial charge in [0.1, 0.15) is 5.75 Å². The lowest BCUT2D eigenvalue weighted by molar-refractivity contribution is 0.410. The molecule has 0 aromatic heterocycles.